The molecule has 0 fully saturated rings. The maximum absolute atomic E-state index is 14.6. The monoisotopic (exact) mass is 441 g/mol. The Kier molecular flexibility index (Phi) is 4.85. The summed E-state index contributed by atoms with van der Waals surface area (Å²) in [6, 6.07) is 11.8. The Morgan fingerprint density at radius 2 is 2.04 bits per heavy atom. The summed E-state index contributed by atoms with van der Waals surface area (Å²) in [6.45, 7) is 3.86. The molecule has 28 heavy (non-hydrogen) atoms. The van der Waals surface area contributed by atoms with E-state index in [1.165, 1.54) is 6.07 Å². The van der Waals surface area contributed by atoms with Gasteiger partial charge in [-0.15, -0.1) is 0 Å². The van der Waals surface area contributed by atoms with E-state index in [2.05, 4.69) is 20.9 Å². The summed E-state index contributed by atoms with van der Waals surface area (Å²) in [5.41, 5.74) is 3.30. The van der Waals surface area contributed by atoms with Crippen molar-refractivity contribution < 1.29 is 13.9 Å². The molecule has 2 heterocycles. The summed E-state index contributed by atoms with van der Waals surface area (Å²) in [6.07, 6.45) is 1.59. The Bertz CT molecular complexity index is 1110. The largest absolute Gasteiger partial charge is 0.461 e. The number of rotatable bonds is 3. The zero-order valence-corrected chi connectivity index (χ0v) is 16.9. The Morgan fingerprint density at radius 1 is 1.25 bits per heavy atom. The first kappa shape index (κ1) is 18.6. The maximum Gasteiger partial charge on any atom is 0.358 e. The molecule has 0 unspecified atom stereocenters. The van der Waals surface area contributed by atoms with Crippen LogP contribution in [0.5, 0.6) is 0 Å². The summed E-state index contributed by atoms with van der Waals surface area (Å²) in [7, 11) is 0. The summed E-state index contributed by atoms with van der Waals surface area (Å²) >= 11 is 3.49. The molecule has 4 rings (SSSR count). The fraction of sp³-hybridized carbons (Fsp3) is 0.190. The van der Waals surface area contributed by atoms with E-state index in [4.69, 9.17) is 9.73 Å². The number of carbonyl (C=O) groups is 1. The van der Waals surface area contributed by atoms with Crippen molar-refractivity contribution in [1.29, 1.82) is 0 Å². The van der Waals surface area contributed by atoms with E-state index in [9.17, 15) is 9.18 Å². The molecule has 1 aromatic heterocycles. The van der Waals surface area contributed by atoms with Gasteiger partial charge in [-0.05, 0) is 44.2 Å². The molecule has 7 heteroatoms. The maximum atomic E-state index is 14.6. The smallest absolute Gasteiger partial charge is 0.358 e. The molecule has 0 amide bonds. The summed E-state index contributed by atoms with van der Waals surface area (Å²) in [5, 5.41) is 0. The van der Waals surface area contributed by atoms with Crippen LogP contribution < -0.4 is 0 Å². The highest BCUT2D eigenvalue weighted by Crippen LogP contribution is 2.34. The number of fused-ring (bicyclic) bond motifs is 3. The van der Waals surface area contributed by atoms with Gasteiger partial charge in [0.25, 0.3) is 0 Å². The van der Waals surface area contributed by atoms with Crippen LogP contribution in [-0.2, 0) is 4.74 Å². The number of aromatic nitrogens is 2. The lowest BCUT2D eigenvalue weighted by atomic mass is 10.00. The van der Waals surface area contributed by atoms with Crippen molar-refractivity contribution in [3.63, 3.8) is 0 Å². The highest BCUT2D eigenvalue weighted by atomic mass is 79.9. The van der Waals surface area contributed by atoms with E-state index in [1.807, 2.05) is 29.7 Å². The van der Waals surface area contributed by atoms with Crippen LogP contribution in [0.1, 0.15) is 47.2 Å². The van der Waals surface area contributed by atoms with E-state index in [1.54, 1.807) is 31.5 Å². The third kappa shape index (κ3) is 3.05. The number of aliphatic imine (C=N–C) groups is 1. The second-order valence-electron chi connectivity index (χ2n) is 6.36. The van der Waals surface area contributed by atoms with E-state index in [0.717, 1.165) is 15.7 Å². The lowest BCUT2D eigenvalue weighted by Gasteiger charge is -2.12. The topological polar surface area (TPSA) is 56.5 Å². The molecule has 0 N–H and O–H groups in total. The SMILES string of the molecule is CCOC(=O)c1ncn2c1[C@H](C)N=C(c1ccccc1F)c1cc(Br)ccc1-2. The number of nitrogens with zero attached hydrogens (tertiary/aromatic N) is 3. The van der Waals surface area contributed by atoms with Crippen LogP contribution in [-0.4, -0.2) is 27.8 Å². The van der Waals surface area contributed by atoms with Crippen LogP contribution in [0.15, 0.2) is 58.3 Å². The Labute approximate surface area is 170 Å². The number of carbonyl (C=O) groups excluding carboxylic acids is 1. The zero-order valence-electron chi connectivity index (χ0n) is 15.3. The molecule has 3 aromatic rings. The molecule has 1 aliphatic heterocycles. The first-order chi connectivity index (χ1) is 13.5. The van der Waals surface area contributed by atoms with E-state index in [0.29, 0.717) is 17.0 Å². The van der Waals surface area contributed by atoms with Crippen molar-refractivity contribution in [2.24, 2.45) is 4.99 Å². The minimum Gasteiger partial charge on any atom is -0.461 e. The van der Waals surface area contributed by atoms with Crippen LogP contribution in [0, 0.1) is 5.82 Å². The fourth-order valence-corrected chi connectivity index (χ4v) is 3.77. The van der Waals surface area contributed by atoms with Gasteiger partial charge in [0, 0.05) is 15.6 Å². The van der Waals surface area contributed by atoms with Crippen molar-refractivity contribution in [3.8, 4) is 5.69 Å². The average molecular weight is 442 g/mol. The van der Waals surface area contributed by atoms with Crippen LogP contribution in [0.2, 0.25) is 0 Å². The van der Waals surface area contributed by atoms with Crippen LogP contribution in [0.4, 0.5) is 4.39 Å². The van der Waals surface area contributed by atoms with Crippen molar-refractivity contribution in [2.75, 3.05) is 6.61 Å². The van der Waals surface area contributed by atoms with E-state index in [-0.39, 0.29) is 18.1 Å². The lowest BCUT2D eigenvalue weighted by Crippen LogP contribution is -2.11. The first-order valence-electron chi connectivity index (χ1n) is 8.88. The van der Waals surface area contributed by atoms with Gasteiger partial charge >= 0.3 is 5.97 Å². The van der Waals surface area contributed by atoms with Gasteiger partial charge in [0.1, 0.15) is 12.1 Å². The minimum absolute atomic E-state index is 0.224. The Morgan fingerprint density at radius 3 is 2.79 bits per heavy atom. The molecular formula is C21H17BrFN3O2. The Hall–Kier alpha value is -2.80. The van der Waals surface area contributed by atoms with Gasteiger partial charge < -0.3 is 4.74 Å². The first-order valence-corrected chi connectivity index (χ1v) is 9.68. The molecule has 0 spiro atoms. The number of hydrogen-bond acceptors (Lipinski definition) is 4. The number of esters is 1. The second kappa shape index (κ2) is 7.31. The number of benzene rings is 2. The van der Waals surface area contributed by atoms with E-state index >= 15 is 0 Å². The third-order valence-corrected chi connectivity index (χ3v) is 5.09. The molecule has 0 saturated carbocycles. The summed E-state index contributed by atoms with van der Waals surface area (Å²) in [4.78, 5) is 21.5. The number of halogens is 2. The van der Waals surface area contributed by atoms with Gasteiger partial charge in [-0.2, -0.15) is 0 Å². The number of imidazole rings is 1. The second-order valence-corrected chi connectivity index (χ2v) is 7.28. The highest BCUT2D eigenvalue weighted by Gasteiger charge is 2.29. The molecule has 2 aromatic carbocycles. The molecule has 0 aliphatic carbocycles. The summed E-state index contributed by atoms with van der Waals surface area (Å²) in [5.74, 6) is -0.846. The van der Waals surface area contributed by atoms with Gasteiger partial charge in [0.15, 0.2) is 5.69 Å². The van der Waals surface area contributed by atoms with Gasteiger partial charge in [-0.1, -0.05) is 28.1 Å². The van der Waals surface area contributed by atoms with E-state index < -0.39 is 12.0 Å². The zero-order chi connectivity index (χ0) is 19.8. The van der Waals surface area contributed by atoms with Crippen molar-refractivity contribution in [3.05, 3.63) is 81.6 Å². The molecule has 1 atom stereocenters. The number of hydrogen-bond donors (Lipinski definition) is 0. The van der Waals surface area contributed by atoms with Gasteiger partial charge in [0.05, 0.1) is 29.7 Å². The van der Waals surface area contributed by atoms with Crippen LogP contribution >= 0.6 is 15.9 Å². The lowest BCUT2D eigenvalue weighted by molar-refractivity contribution is 0.0518. The van der Waals surface area contributed by atoms with Gasteiger partial charge in [0.2, 0.25) is 0 Å². The molecule has 142 valence electrons. The Balaban J connectivity index is 2.00. The molecule has 0 radical (unpaired) electrons. The predicted molar refractivity (Wildman–Crippen MR) is 108 cm³/mol. The molecule has 0 saturated heterocycles. The van der Waals surface area contributed by atoms with Crippen molar-refractivity contribution in [1.82, 2.24) is 9.55 Å². The molecular weight excluding hydrogens is 425 g/mol. The standard InChI is InChI=1S/C21H17BrFN3O2/c1-3-28-21(27)19-20-12(2)25-18(14-6-4-5-7-16(14)23)15-10-13(22)8-9-17(15)26(20)11-24-19/h4-12H,3H2,1-2H3/t12-/m0/s1. The average Bonchev–Trinajstić information content (AvgIpc) is 3.07. The van der Waals surface area contributed by atoms with Gasteiger partial charge in [-0.3, -0.25) is 9.56 Å². The quantitative estimate of drug-likeness (QED) is 0.545. The third-order valence-electron chi connectivity index (χ3n) is 4.59. The normalized spacial score (nSPS) is 15.3. The van der Waals surface area contributed by atoms with Crippen molar-refractivity contribution >= 4 is 27.6 Å². The molecule has 0 bridgehead atoms. The van der Waals surface area contributed by atoms with Gasteiger partial charge in [-0.25, -0.2) is 14.2 Å². The number of ether oxygens (including phenoxy) is 1. The molecule has 1 aliphatic rings. The van der Waals surface area contributed by atoms with Crippen LogP contribution in [0.3, 0.4) is 0 Å². The highest BCUT2D eigenvalue weighted by molar-refractivity contribution is 9.10. The minimum atomic E-state index is -0.494. The summed E-state index contributed by atoms with van der Waals surface area (Å²) < 4.78 is 22.4. The predicted octanol–water partition coefficient (Wildman–Crippen LogP) is 4.86. The van der Waals surface area contributed by atoms with Crippen molar-refractivity contribution in [2.45, 2.75) is 19.9 Å². The van der Waals surface area contributed by atoms with Crippen LogP contribution in [0.25, 0.3) is 5.69 Å². The molecule has 5 nitrogen and oxygen atoms in total. The fourth-order valence-electron chi connectivity index (χ4n) is 3.41.